The van der Waals surface area contributed by atoms with Crippen LogP contribution in [0, 0.1) is 25.6 Å². The van der Waals surface area contributed by atoms with Crippen molar-refractivity contribution in [3.8, 4) is 0 Å². The van der Waals surface area contributed by atoms with Gasteiger partial charge >= 0.3 is 5.97 Å². The molecule has 0 aromatic heterocycles. The van der Waals surface area contributed by atoms with E-state index < -0.39 is 5.97 Å². The molecule has 0 heterocycles. The van der Waals surface area contributed by atoms with E-state index >= 15 is 0 Å². The molecule has 1 saturated carbocycles. The molecule has 0 radical (unpaired) electrons. The summed E-state index contributed by atoms with van der Waals surface area (Å²) in [5.74, 6) is -0.362. The van der Waals surface area contributed by atoms with Crippen molar-refractivity contribution in [2.45, 2.75) is 26.2 Å². The average Bonchev–Trinajstić information content (AvgIpc) is 3.51. The molecule has 2 atom stereocenters. The van der Waals surface area contributed by atoms with Crippen LogP contribution >= 0.6 is 0 Å². The maximum atomic E-state index is 13.4. The Balaban J connectivity index is 1.58. The molecule has 0 bridgehead atoms. The first kappa shape index (κ1) is 19.1. The van der Waals surface area contributed by atoms with Gasteiger partial charge in [0.2, 0.25) is 0 Å². The summed E-state index contributed by atoms with van der Waals surface area (Å²) in [5, 5.41) is 4.22. The topological polar surface area (TPSA) is 38.7 Å². The van der Waals surface area contributed by atoms with Crippen molar-refractivity contribution in [3.63, 3.8) is 0 Å². The summed E-state index contributed by atoms with van der Waals surface area (Å²) in [5.41, 5.74) is 5.41. The monoisotopic (exact) mass is 387 g/mol. The van der Waals surface area contributed by atoms with Crippen LogP contribution in [0.4, 0.5) is 4.39 Å². The highest BCUT2D eigenvalue weighted by molar-refractivity contribution is 6.04. The van der Waals surface area contributed by atoms with Crippen LogP contribution in [0.1, 0.15) is 45.0 Å². The van der Waals surface area contributed by atoms with Crippen molar-refractivity contribution in [2.75, 3.05) is 0 Å². The second kappa shape index (κ2) is 8.00. The normalized spacial score (nSPS) is 18.4. The van der Waals surface area contributed by atoms with Gasteiger partial charge in [0.1, 0.15) is 5.82 Å². The minimum Gasteiger partial charge on any atom is -0.313 e. The highest BCUT2D eigenvalue weighted by Crippen LogP contribution is 2.49. The van der Waals surface area contributed by atoms with Gasteiger partial charge in [0, 0.05) is 5.92 Å². The third-order valence-electron chi connectivity index (χ3n) is 5.30. The summed E-state index contributed by atoms with van der Waals surface area (Å²) >= 11 is 0. The molecule has 0 unspecified atom stereocenters. The van der Waals surface area contributed by atoms with Gasteiger partial charge in [-0.05, 0) is 61.6 Å². The SMILES string of the molecule is Cc1ccc(C(=O)O/N=C(/c2ccc(F)cc2)[C@@H]2C[C@@H]2c2ccc(C)cc2)cc1. The lowest BCUT2D eigenvalue weighted by atomic mass is 10.0. The van der Waals surface area contributed by atoms with Gasteiger partial charge in [-0.15, -0.1) is 0 Å². The minimum absolute atomic E-state index is 0.133. The molecular formula is C25H22FNO2. The Morgan fingerprint density at radius 3 is 2.03 bits per heavy atom. The average molecular weight is 387 g/mol. The standard InChI is InChI=1S/C25H22FNO2/c1-16-3-7-18(8-4-16)22-15-23(22)24(19-11-13-21(26)14-12-19)27-29-25(28)20-9-5-17(2)6-10-20/h3-14,22-23H,15H2,1-2H3/b27-24-/t22-,23-/m1/s1. The van der Waals surface area contributed by atoms with Crippen LogP contribution < -0.4 is 0 Å². The van der Waals surface area contributed by atoms with Gasteiger partial charge in [0.15, 0.2) is 0 Å². The Kier molecular flexibility index (Phi) is 5.26. The predicted octanol–water partition coefficient (Wildman–Crippen LogP) is 5.81. The number of carbonyl (C=O) groups excluding carboxylic acids is 1. The molecule has 1 fully saturated rings. The Hall–Kier alpha value is -3.27. The zero-order valence-corrected chi connectivity index (χ0v) is 16.4. The van der Waals surface area contributed by atoms with Crippen molar-refractivity contribution in [2.24, 2.45) is 11.1 Å². The molecule has 4 heteroatoms. The number of oxime groups is 1. The lowest BCUT2D eigenvalue weighted by Gasteiger charge is -2.07. The molecule has 3 aromatic carbocycles. The van der Waals surface area contributed by atoms with Crippen molar-refractivity contribution >= 4 is 11.7 Å². The molecular weight excluding hydrogens is 365 g/mol. The molecule has 29 heavy (non-hydrogen) atoms. The van der Waals surface area contributed by atoms with Crippen LogP contribution in [-0.4, -0.2) is 11.7 Å². The zero-order chi connectivity index (χ0) is 20.4. The summed E-state index contributed by atoms with van der Waals surface area (Å²) in [6, 6.07) is 21.7. The maximum absolute atomic E-state index is 13.4. The number of benzene rings is 3. The molecule has 0 N–H and O–H groups in total. The van der Waals surface area contributed by atoms with E-state index in [0.717, 1.165) is 17.5 Å². The largest absolute Gasteiger partial charge is 0.365 e. The first-order valence-electron chi connectivity index (χ1n) is 9.69. The lowest BCUT2D eigenvalue weighted by molar-refractivity contribution is 0.0515. The summed E-state index contributed by atoms with van der Waals surface area (Å²) in [7, 11) is 0. The number of nitrogens with zero attached hydrogens (tertiary/aromatic N) is 1. The fraction of sp³-hybridized carbons (Fsp3) is 0.200. The second-order valence-corrected chi connectivity index (χ2v) is 7.59. The summed E-state index contributed by atoms with van der Waals surface area (Å²) in [6.45, 7) is 4.02. The van der Waals surface area contributed by atoms with Gasteiger partial charge in [-0.1, -0.05) is 64.8 Å². The number of carbonyl (C=O) groups is 1. The van der Waals surface area contributed by atoms with Crippen LogP contribution in [0.25, 0.3) is 0 Å². The quantitative estimate of drug-likeness (QED) is 0.315. The third-order valence-corrected chi connectivity index (χ3v) is 5.30. The van der Waals surface area contributed by atoms with Gasteiger partial charge in [-0.2, -0.15) is 0 Å². The van der Waals surface area contributed by atoms with E-state index in [9.17, 15) is 9.18 Å². The molecule has 0 spiro atoms. The van der Waals surface area contributed by atoms with E-state index in [1.165, 1.54) is 23.3 Å². The molecule has 146 valence electrons. The van der Waals surface area contributed by atoms with Gasteiger partial charge in [-0.3, -0.25) is 0 Å². The number of aryl methyl sites for hydroxylation is 2. The van der Waals surface area contributed by atoms with E-state index in [1.54, 1.807) is 24.3 Å². The second-order valence-electron chi connectivity index (χ2n) is 7.59. The summed E-state index contributed by atoms with van der Waals surface area (Å²) < 4.78 is 13.4. The molecule has 3 aromatic rings. The molecule has 1 aliphatic carbocycles. The van der Waals surface area contributed by atoms with E-state index in [-0.39, 0.29) is 11.7 Å². The van der Waals surface area contributed by atoms with E-state index in [2.05, 4.69) is 36.3 Å². The Morgan fingerprint density at radius 2 is 1.41 bits per heavy atom. The fourth-order valence-electron chi connectivity index (χ4n) is 3.47. The summed E-state index contributed by atoms with van der Waals surface area (Å²) in [4.78, 5) is 17.7. The van der Waals surface area contributed by atoms with Crippen LogP contribution in [-0.2, 0) is 4.84 Å². The molecule has 4 rings (SSSR count). The lowest BCUT2D eigenvalue weighted by Crippen LogP contribution is -2.09. The number of halogens is 1. The van der Waals surface area contributed by atoms with Crippen LogP contribution in [0.2, 0.25) is 0 Å². The van der Waals surface area contributed by atoms with Crippen LogP contribution in [0.15, 0.2) is 78.0 Å². The van der Waals surface area contributed by atoms with Gasteiger partial charge < -0.3 is 4.84 Å². The Bertz CT molecular complexity index is 1040. The molecule has 0 saturated heterocycles. The van der Waals surface area contributed by atoms with E-state index in [1.807, 2.05) is 19.1 Å². The van der Waals surface area contributed by atoms with Crippen molar-refractivity contribution in [3.05, 3.63) is 106 Å². The molecule has 0 aliphatic heterocycles. The molecule has 0 amide bonds. The minimum atomic E-state index is -0.503. The first-order valence-corrected chi connectivity index (χ1v) is 9.69. The third kappa shape index (κ3) is 4.43. The Morgan fingerprint density at radius 1 is 0.862 bits per heavy atom. The summed E-state index contributed by atoms with van der Waals surface area (Å²) in [6.07, 6.45) is 0.918. The smallest absolute Gasteiger partial charge is 0.313 e. The number of rotatable bonds is 5. The van der Waals surface area contributed by atoms with Crippen molar-refractivity contribution in [1.29, 1.82) is 0 Å². The highest BCUT2D eigenvalue weighted by Gasteiger charge is 2.43. The molecule has 3 nitrogen and oxygen atoms in total. The number of hydrogen-bond donors (Lipinski definition) is 0. The Labute approximate surface area is 169 Å². The zero-order valence-electron chi connectivity index (χ0n) is 16.4. The van der Waals surface area contributed by atoms with E-state index in [4.69, 9.17) is 4.84 Å². The van der Waals surface area contributed by atoms with Crippen LogP contribution in [0.3, 0.4) is 0 Å². The fourth-order valence-corrected chi connectivity index (χ4v) is 3.47. The van der Waals surface area contributed by atoms with Crippen LogP contribution in [0.5, 0.6) is 0 Å². The van der Waals surface area contributed by atoms with Crippen molar-refractivity contribution < 1.29 is 14.0 Å². The maximum Gasteiger partial charge on any atom is 0.365 e. The number of hydrogen-bond acceptors (Lipinski definition) is 3. The van der Waals surface area contributed by atoms with Crippen molar-refractivity contribution in [1.82, 2.24) is 0 Å². The first-order chi connectivity index (χ1) is 14.0. The highest BCUT2D eigenvalue weighted by atomic mass is 19.1. The van der Waals surface area contributed by atoms with Gasteiger partial charge in [0.25, 0.3) is 0 Å². The van der Waals surface area contributed by atoms with Gasteiger partial charge in [-0.25, -0.2) is 9.18 Å². The molecule has 1 aliphatic rings. The van der Waals surface area contributed by atoms with Gasteiger partial charge in [0.05, 0.1) is 11.3 Å². The van der Waals surface area contributed by atoms with E-state index in [0.29, 0.717) is 17.2 Å². The predicted molar refractivity (Wildman–Crippen MR) is 112 cm³/mol.